The smallest absolute Gasteiger partial charge is 0.339 e. The second-order valence-corrected chi connectivity index (χ2v) is 4.36. The average Bonchev–Trinajstić information content (AvgIpc) is 2.48. The third kappa shape index (κ3) is 2.42. The largest absolute Gasteiger partial charge is 0.479 e. The molecule has 0 saturated heterocycles. The second kappa shape index (κ2) is 4.70. The summed E-state index contributed by atoms with van der Waals surface area (Å²) >= 11 is 4.97. The van der Waals surface area contributed by atoms with Crippen LogP contribution in [0.1, 0.15) is 13.3 Å². The Morgan fingerprint density at radius 3 is 2.86 bits per heavy atom. The Bertz CT molecular complexity index is 293. The minimum Gasteiger partial charge on any atom is -0.479 e. The predicted molar refractivity (Wildman–Crippen MR) is 57.4 cm³/mol. The first-order valence-electron chi connectivity index (χ1n) is 3.94. The highest BCUT2D eigenvalue weighted by Crippen LogP contribution is 2.26. The number of rotatable bonds is 3. The highest BCUT2D eigenvalue weighted by molar-refractivity contribution is 8.15. The normalized spacial score (nSPS) is 20.9. The van der Waals surface area contributed by atoms with Crippen molar-refractivity contribution in [2.75, 3.05) is 5.75 Å². The number of nitrogens with zero attached hydrogens (tertiary/aromatic N) is 2. The number of carbonyl (C=O) groups excluding carboxylic acids is 1. The Hall–Kier alpha value is -0.690. The zero-order valence-electron chi connectivity index (χ0n) is 7.51. The molecule has 0 aromatic carbocycles. The summed E-state index contributed by atoms with van der Waals surface area (Å²) in [5.74, 6) is -0.971. The molecule has 0 aliphatic carbocycles. The van der Waals surface area contributed by atoms with Gasteiger partial charge in [0.2, 0.25) is 11.3 Å². The van der Waals surface area contributed by atoms with E-state index in [4.69, 9.17) is 5.11 Å². The van der Waals surface area contributed by atoms with Crippen molar-refractivity contribution in [2.45, 2.75) is 18.7 Å². The van der Waals surface area contributed by atoms with Gasteiger partial charge >= 0.3 is 5.97 Å². The van der Waals surface area contributed by atoms with Gasteiger partial charge in [-0.1, -0.05) is 11.8 Å². The van der Waals surface area contributed by atoms with Crippen molar-refractivity contribution in [2.24, 2.45) is 5.10 Å². The Morgan fingerprint density at radius 2 is 2.36 bits per heavy atom. The summed E-state index contributed by atoms with van der Waals surface area (Å²) < 4.78 is 0. The van der Waals surface area contributed by atoms with Gasteiger partial charge in [-0.2, -0.15) is 17.7 Å². The molecule has 1 N–H and O–H groups in total. The van der Waals surface area contributed by atoms with Gasteiger partial charge in [0.1, 0.15) is 0 Å². The van der Waals surface area contributed by atoms with Crippen LogP contribution in [-0.4, -0.2) is 38.2 Å². The minimum absolute atomic E-state index is 0.199. The first-order chi connectivity index (χ1) is 6.56. The summed E-state index contributed by atoms with van der Waals surface area (Å²) in [5.41, 5.74) is 0. The van der Waals surface area contributed by atoms with Gasteiger partial charge in [-0.3, -0.25) is 4.79 Å². The molecule has 0 saturated carbocycles. The first kappa shape index (κ1) is 11.4. The maximum Gasteiger partial charge on any atom is 0.339 e. The van der Waals surface area contributed by atoms with Gasteiger partial charge in [-0.25, -0.2) is 9.80 Å². The predicted octanol–water partition coefficient (Wildman–Crippen LogP) is 0.626. The van der Waals surface area contributed by atoms with Crippen molar-refractivity contribution in [1.82, 2.24) is 5.01 Å². The number of hydrogen-bond acceptors (Lipinski definition) is 5. The van der Waals surface area contributed by atoms with Crippen molar-refractivity contribution < 1.29 is 14.7 Å². The Labute approximate surface area is 90.9 Å². The minimum atomic E-state index is -1.05. The molecule has 1 atom stereocenters. The maximum atomic E-state index is 11.4. The number of amides is 1. The lowest BCUT2D eigenvalue weighted by Gasteiger charge is -2.16. The lowest BCUT2D eigenvalue weighted by molar-refractivity contribution is -0.145. The van der Waals surface area contributed by atoms with Crippen molar-refractivity contribution in [3.8, 4) is 0 Å². The molecular weight excluding hydrogens is 224 g/mol. The Kier molecular flexibility index (Phi) is 3.82. The lowest BCUT2D eigenvalue weighted by Crippen LogP contribution is -2.36. The van der Waals surface area contributed by atoms with Gasteiger partial charge in [-0.15, -0.1) is 0 Å². The van der Waals surface area contributed by atoms with Crippen molar-refractivity contribution in [3.63, 3.8) is 0 Å². The highest BCUT2D eigenvalue weighted by atomic mass is 32.2. The van der Waals surface area contributed by atoms with Gasteiger partial charge in [0.15, 0.2) is 0 Å². The SMILES string of the molecule is CC1=NN(C(=O)CCS)C(C(=O)O)S1. The molecule has 1 aliphatic heterocycles. The van der Waals surface area contributed by atoms with Crippen molar-refractivity contribution in [3.05, 3.63) is 0 Å². The third-order valence-corrected chi connectivity index (χ3v) is 2.82. The second-order valence-electron chi connectivity index (χ2n) is 2.64. The molecule has 0 spiro atoms. The number of thioether (sulfide) groups is 1. The zero-order chi connectivity index (χ0) is 10.7. The average molecular weight is 234 g/mol. The van der Waals surface area contributed by atoms with Crippen LogP contribution in [0, 0.1) is 0 Å². The van der Waals surface area contributed by atoms with Crippen molar-refractivity contribution >= 4 is 41.3 Å². The van der Waals surface area contributed by atoms with E-state index in [2.05, 4.69) is 17.7 Å². The fourth-order valence-electron chi connectivity index (χ4n) is 0.991. The van der Waals surface area contributed by atoms with Gasteiger partial charge in [-0.05, 0) is 12.7 Å². The van der Waals surface area contributed by atoms with E-state index in [0.29, 0.717) is 10.8 Å². The van der Waals surface area contributed by atoms with Gasteiger partial charge in [0, 0.05) is 6.42 Å². The number of hydrazone groups is 1. The van der Waals surface area contributed by atoms with E-state index < -0.39 is 11.3 Å². The van der Waals surface area contributed by atoms with Crippen LogP contribution in [-0.2, 0) is 9.59 Å². The monoisotopic (exact) mass is 234 g/mol. The van der Waals surface area contributed by atoms with E-state index in [-0.39, 0.29) is 12.3 Å². The molecule has 1 aliphatic rings. The van der Waals surface area contributed by atoms with E-state index in [9.17, 15) is 9.59 Å². The van der Waals surface area contributed by atoms with Gasteiger partial charge in [0.05, 0.1) is 5.04 Å². The van der Waals surface area contributed by atoms with Gasteiger partial charge < -0.3 is 5.11 Å². The summed E-state index contributed by atoms with van der Waals surface area (Å²) in [6.07, 6.45) is 0.199. The number of aliphatic carboxylic acids is 1. The van der Waals surface area contributed by atoms with Crippen LogP contribution in [0.5, 0.6) is 0 Å². The molecule has 1 heterocycles. The molecule has 0 fully saturated rings. The summed E-state index contributed by atoms with van der Waals surface area (Å²) in [6, 6.07) is 0. The van der Waals surface area contributed by atoms with Crippen molar-refractivity contribution in [1.29, 1.82) is 0 Å². The topological polar surface area (TPSA) is 70.0 Å². The van der Waals surface area contributed by atoms with Crippen LogP contribution < -0.4 is 0 Å². The highest BCUT2D eigenvalue weighted by Gasteiger charge is 2.35. The standard InChI is InChI=1S/C7H10N2O3S2/c1-4-8-9(5(10)2-3-13)6(14-4)7(11)12/h6,13H,2-3H2,1H3,(H,11,12). The van der Waals surface area contributed by atoms with Crippen LogP contribution in [0.25, 0.3) is 0 Å². The number of thiol groups is 1. The fraction of sp³-hybridized carbons (Fsp3) is 0.571. The van der Waals surface area contributed by atoms with Crippen LogP contribution in [0.3, 0.4) is 0 Å². The zero-order valence-corrected chi connectivity index (χ0v) is 9.22. The van der Waals surface area contributed by atoms with E-state index in [1.165, 1.54) is 0 Å². The van der Waals surface area contributed by atoms with E-state index in [1.807, 2.05) is 0 Å². The molecular formula is C7H10N2O3S2. The molecule has 0 aromatic rings. The van der Waals surface area contributed by atoms with E-state index in [1.54, 1.807) is 6.92 Å². The molecule has 0 aromatic heterocycles. The quantitative estimate of drug-likeness (QED) is 0.703. The summed E-state index contributed by atoms with van der Waals surface area (Å²) in [7, 11) is 0. The van der Waals surface area contributed by atoms with E-state index in [0.717, 1.165) is 16.8 Å². The molecule has 1 unspecified atom stereocenters. The summed E-state index contributed by atoms with van der Waals surface area (Å²) in [6.45, 7) is 1.68. The number of carbonyl (C=O) groups is 2. The van der Waals surface area contributed by atoms with Gasteiger partial charge in [0.25, 0.3) is 0 Å². The number of carboxylic acid groups (broad SMARTS) is 1. The lowest BCUT2D eigenvalue weighted by atomic mass is 10.4. The van der Waals surface area contributed by atoms with Crippen LogP contribution >= 0.6 is 24.4 Å². The third-order valence-electron chi connectivity index (χ3n) is 1.55. The fourth-order valence-corrected chi connectivity index (χ4v) is 2.01. The van der Waals surface area contributed by atoms with E-state index >= 15 is 0 Å². The molecule has 1 amide bonds. The molecule has 0 radical (unpaired) electrons. The molecule has 1 rings (SSSR count). The molecule has 78 valence electrons. The Balaban J connectivity index is 2.74. The van der Waals surface area contributed by atoms with Crippen LogP contribution in [0.4, 0.5) is 0 Å². The summed E-state index contributed by atoms with van der Waals surface area (Å²) in [4.78, 5) is 22.2. The Morgan fingerprint density at radius 1 is 1.71 bits per heavy atom. The van der Waals surface area contributed by atoms with Crippen LogP contribution in [0.2, 0.25) is 0 Å². The molecule has 5 nitrogen and oxygen atoms in total. The maximum absolute atomic E-state index is 11.4. The number of carboxylic acids is 1. The number of hydrogen-bond donors (Lipinski definition) is 2. The molecule has 7 heteroatoms. The molecule has 0 bridgehead atoms. The molecule has 14 heavy (non-hydrogen) atoms. The first-order valence-corrected chi connectivity index (χ1v) is 5.45. The van der Waals surface area contributed by atoms with Crippen LogP contribution in [0.15, 0.2) is 5.10 Å². The summed E-state index contributed by atoms with van der Waals surface area (Å²) in [5, 5.41) is 13.4.